The molecule has 1 N–H and O–H groups in total. The molecule has 0 aliphatic carbocycles. The van der Waals surface area contributed by atoms with E-state index < -0.39 is 8.07 Å². The smallest absolute Gasteiger partial charge is 0.247 e. The highest BCUT2D eigenvalue weighted by molar-refractivity contribution is 6.87. The molecule has 0 spiro atoms. The Balaban J connectivity index is 3.07. The van der Waals surface area contributed by atoms with Crippen LogP contribution in [0.4, 0.5) is 5.69 Å². The lowest BCUT2D eigenvalue weighted by Crippen LogP contribution is -2.34. The number of unbranched alkanes of at least 4 members (excludes halogenated alkanes) is 1. The van der Waals surface area contributed by atoms with E-state index in [0.717, 1.165) is 30.1 Å². The Kier molecular flexibility index (Phi) is 6.89. The molecule has 3 heteroatoms. The summed E-state index contributed by atoms with van der Waals surface area (Å²) < 4.78 is 0. The molecule has 0 saturated carbocycles. The predicted molar refractivity (Wildman–Crippen MR) is 95.3 cm³/mol. The number of hydrogen-bond acceptors (Lipinski definition) is 1. The number of amides is 1. The SMILES string of the molecule is CCCC/C(CC)=C(/C(=O)Nc1ccccc1)[Si](C)(C)C. The van der Waals surface area contributed by atoms with Crippen LogP contribution in [0.1, 0.15) is 39.5 Å². The Morgan fingerprint density at radius 2 is 1.71 bits per heavy atom. The van der Waals surface area contributed by atoms with Crippen molar-refractivity contribution in [1.82, 2.24) is 0 Å². The average molecular weight is 304 g/mol. The largest absolute Gasteiger partial charge is 0.323 e. The fourth-order valence-electron chi connectivity index (χ4n) is 2.62. The first-order valence-corrected chi connectivity index (χ1v) is 11.5. The highest BCUT2D eigenvalue weighted by atomic mass is 28.3. The lowest BCUT2D eigenvalue weighted by atomic mass is 10.1. The Hall–Kier alpha value is -1.35. The summed E-state index contributed by atoms with van der Waals surface area (Å²) in [4.78, 5) is 12.8. The number of benzene rings is 1. The molecule has 116 valence electrons. The minimum absolute atomic E-state index is 0.105. The molecule has 0 fully saturated rings. The molecular weight excluding hydrogens is 274 g/mol. The summed E-state index contributed by atoms with van der Waals surface area (Å²) in [7, 11) is -1.67. The van der Waals surface area contributed by atoms with Crippen LogP contribution in [0, 0.1) is 0 Å². The van der Waals surface area contributed by atoms with E-state index in [1.54, 1.807) is 0 Å². The summed E-state index contributed by atoms with van der Waals surface area (Å²) in [5.41, 5.74) is 2.23. The zero-order chi connectivity index (χ0) is 15.9. The van der Waals surface area contributed by atoms with Crippen molar-refractivity contribution >= 4 is 19.7 Å². The molecule has 0 bridgehead atoms. The third-order valence-corrected chi connectivity index (χ3v) is 5.70. The highest BCUT2D eigenvalue weighted by Gasteiger charge is 2.28. The first kappa shape index (κ1) is 17.7. The molecule has 0 heterocycles. The maximum Gasteiger partial charge on any atom is 0.247 e. The van der Waals surface area contributed by atoms with E-state index in [4.69, 9.17) is 0 Å². The fraction of sp³-hybridized carbons (Fsp3) is 0.500. The molecule has 0 radical (unpaired) electrons. The fourth-order valence-corrected chi connectivity index (χ4v) is 4.72. The van der Waals surface area contributed by atoms with Crippen LogP contribution in [0.25, 0.3) is 0 Å². The van der Waals surface area contributed by atoms with Crippen molar-refractivity contribution in [2.75, 3.05) is 5.32 Å². The molecule has 0 unspecified atom stereocenters. The quantitative estimate of drug-likeness (QED) is 0.530. The van der Waals surface area contributed by atoms with E-state index >= 15 is 0 Å². The maximum atomic E-state index is 12.8. The second-order valence-electron chi connectivity index (χ2n) is 6.51. The van der Waals surface area contributed by atoms with Crippen LogP contribution >= 0.6 is 0 Å². The van der Waals surface area contributed by atoms with Crippen molar-refractivity contribution in [2.24, 2.45) is 0 Å². The van der Waals surface area contributed by atoms with Crippen molar-refractivity contribution in [3.63, 3.8) is 0 Å². The first-order valence-electron chi connectivity index (χ1n) is 7.99. The second-order valence-corrected chi connectivity index (χ2v) is 11.5. The van der Waals surface area contributed by atoms with Gasteiger partial charge < -0.3 is 5.32 Å². The van der Waals surface area contributed by atoms with Crippen LogP contribution in [0.2, 0.25) is 19.6 Å². The first-order chi connectivity index (χ1) is 9.90. The van der Waals surface area contributed by atoms with Crippen LogP contribution in [-0.2, 0) is 4.79 Å². The summed E-state index contributed by atoms with van der Waals surface area (Å²) in [6.45, 7) is 11.1. The maximum absolute atomic E-state index is 12.8. The summed E-state index contributed by atoms with van der Waals surface area (Å²) in [5.74, 6) is 0.105. The van der Waals surface area contributed by atoms with Gasteiger partial charge in [-0.05, 0) is 31.4 Å². The zero-order valence-electron chi connectivity index (χ0n) is 14.1. The van der Waals surface area contributed by atoms with E-state index in [-0.39, 0.29) is 5.91 Å². The molecular formula is C18H29NOSi. The molecule has 1 aromatic carbocycles. The molecule has 1 rings (SSSR count). The number of rotatable bonds is 7. The Morgan fingerprint density at radius 3 is 2.19 bits per heavy atom. The average Bonchev–Trinajstić information content (AvgIpc) is 2.42. The number of carbonyl (C=O) groups excluding carboxylic acids is 1. The molecule has 1 amide bonds. The summed E-state index contributed by atoms with van der Waals surface area (Å²) in [6.07, 6.45) is 4.36. The lowest BCUT2D eigenvalue weighted by molar-refractivity contribution is -0.112. The van der Waals surface area contributed by atoms with Crippen LogP contribution < -0.4 is 5.32 Å². The standard InChI is InChI=1S/C18H29NOSi/c1-6-8-12-15(7-2)17(21(3,4)5)18(20)19-16-13-10-9-11-14-16/h9-11,13-14H,6-8,12H2,1-5H3,(H,19,20)/b17-15-. The molecule has 2 nitrogen and oxygen atoms in total. The summed E-state index contributed by atoms with van der Waals surface area (Å²) in [6, 6.07) is 9.75. The van der Waals surface area contributed by atoms with Crippen molar-refractivity contribution in [3.05, 3.63) is 41.1 Å². The zero-order valence-corrected chi connectivity index (χ0v) is 15.1. The van der Waals surface area contributed by atoms with E-state index in [9.17, 15) is 4.79 Å². The van der Waals surface area contributed by atoms with Gasteiger partial charge in [-0.15, -0.1) is 0 Å². The monoisotopic (exact) mass is 303 g/mol. The molecule has 21 heavy (non-hydrogen) atoms. The van der Waals surface area contributed by atoms with Gasteiger partial charge in [-0.3, -0.25) is 4.79 Å². The second kappa shape index (κ2) is 8.18. The Morgan fingerprint density at radius 1 is 1.10 bits per heavy atom. The minimum atomic E-state index is -1.67. The number of allylic oxidation sites excluding steroid dienone is 1. The van der Waals surface area contributed by atoms with Crippen molar-refractivity contribution < 1.29 is 4.79 Å². The van der Waals surface area contributed by atoms with Gasteiger partial charge in [0.05, 0.1) is 8.07 Å². The van der Waals surface area contributed by atoms with Gasteiger partial charge in [0.1, 0.15) is 0 Å². The van der Waals surface area contributed by atoms with E-state index in [1.165, 1.54) is 12.0 Å². The van der Waals surface area contributed by atoms with Gasteiger partial charge in [-0.2, -0.15) is 0 Å². The lowest BCUT2D eigenvalue weighted by Gasteiger charge is -2.24. The molecule has 0 aliphatic heterocycles. The van der Waals surface area contributed by atoms with Crippen molar-refractivity contribution in [3.8, 4) is 0 Å². The number of hydrogen-bond donors (Lipinski definition) is 1. The van der Waals surface area contributed by atoms with Crippen molar-refractivity contribution in [1.29, 1.82) is 0 Å². The van der Waals surface area contributed by atoms with Crippen LogP contribution in [-0.4, -0.2) is 14.0 Å². The van der Waals surface area contributed by atoms with Gasteiger partial charge >= 0.3 is 0 Å². The third-order valence-electron chi connectivity index (χ3n) is 3.62. The Bertz CT molecular complexity index is 486. The van der Waals surface area contributed by atoms with Gasteiger partial charge in [-0.1, -0.05) is 63.7 Å². The van der Waals surface area contributed by atoms with E-state index in [0.29, 0.717) is 0 Å². The summed E-state index contributed by atoms with van der Waals surface area (Å²) in [5, 5.41) is 4.16. The normalized spacial score (nSPS) is 12.8. The van der Waals surface area contributed by atoms with Gasteiger partial charge in [0.15, 0.2) is 0 Å². The van der Waals surface area contributed by atoms with Crippen LogP contribution in [0.3, 0.4) is 0 Å². The molecule has 0 atom stereocenters. The van der Waals surface area contributed by atoms with E-state index in [2.05, 4.69) is 38.8 Å². The van der Waals surface area contributed by atoms with Gasteiger partial charge in [0, 0.05) is 10.9 Å². The van der Waals surface area contributed by atoms with E-state index in [1.807, 2.05) is 30.3 Å². The Labute approximate surface area is 130 Å². The van der Waals surface area contributed by atoms with Crippen LogP contribution in [0.5, 0.6) is 0 Å². The molecule has 0 aromatic heterocycles. The number of anilines is 1. The van der Waals surface area contributed by atoms with Gasteiger partial charge in [0.25, 0.3) is 0 Å². The number of nitrogens with one attached hydrogen (secondary N) is 1. The van der Waals surface area contributed by atoms with Crippen molar-refractivity contribution in [2.45, 2.75) is 59.2 Å². The third kappa shape index (κ3) is 5.50. The molecule has 0 aliphatic rings. The number of para-hydroxylation sites is 1. The molecule has 0 saturated heterocycles. The predicted octanol–water partition coefficient (Wildman–Crippen LogP) is 5.40. The number of carbonyl (C=O) groups is 1. The molecule has 1 aromatic rings. The topological polar surface area (TPSA) is 29.1 Å². The van der Waals surface area contributed by atoms with Crippen LogP contribution in [0.15, 0.2) is 41.1 Å². The van der Waals surface area contributed by atoms with Gasteiger partial charge in [-0.25, -0.2) is 0 Å². The summed E-state index contributed by atoms with van der Waals surface area (Å²) >= 11 is 0. The van der Waals surface area contributed by atoms with Gasteiger partial charge in [0.2, 0.25) is 5.91 Å². The minimum Gasteiger partial charge on any atom is -0.323 e. The highest BCUT2D eigenvalue weighted by Crippen LogP contribution is 2.26.